The van der Waals surface area contributed by atoms with Gasteiger partial charge in [-0.15, -0.1) is 0 Å². The average molecular weight is 572 g/mol. The van der Waals surface area contributed by atoms with Gasteiger partial charge in [-0.1, -0.05) is 78.1 Å². The zero-order valence-electron chi connectivity index (χ0n) is 26.4. The Morgan fingerprint density at radius 2 is 1.18 bits per heavy atom. The molecule has 40 heavy (non-hydrogen) atoms. The van der Waals surface area contributed by atoms with Crippen LogP contribution in [0.25, 0.3) is 0 Å². The second kappa shape index (κ2) is 26.1. The van der Waals surface area contributed by atoms with Crippen LogP contribution in [0, 0.1) is 5.92 Å². The van der Waals surface area contributed by atoms with Crippen LogP contribution in [0.15, 0.2) is 0 Å². The molecule has 0 aliphatic carbocycles. The third-order valence-corrected chi connectivity index (χ3v) is 6.40. The Kier molecular flexibility index (Phi) is 24.8. The zero-order chi connectivity index (χ0) is 29.9. The molecule has 0 fully saturated rings. The van der Waals surface area contributed by atoms with E-state index in [1.807, 2.05) is 0 Å². The topological polar surface area (TPSA) is 115 Å². The van der Waals surface area contributed by atoms with E-state index < -0.39 is 11.7 Å². The molecule has 0 saturated carbocycles. The number of carbonyl (C=O) groups excluding carboxylic acids is 3. The highest BCUT2D eigenvalue weighted by molar-refractivity contribution is 5.78. The minimum absolute atomic E-state index is 0.105. The third-order valence-electron chi connectivity index (χ3n) is 6.40. The molecule has 0 rings (SSSR count). The summed E-state index contributed by atoms with van der Waals surface area (Å²) in [5, 5.41) is 8.52. The van der Waals surface area contributed by atoms with Crippen LogP contribution in [0.2, 0.25) is 0 Å². The fourth-order valence-electron chi connectivity index (χ4n) is 4.18. The summed E-state index contributed by atoms with van der Waals surface area (Å²) >= 11 is 0. The van der Waals surface area contributed by atoms with E-state index in [0.29, 0.717) is 39.5 Å². The largest absolute Gasteiger partial charge is 0.444 e. The number of rotatable bonds is 26. The monoisotopic (exact) mass is 571 g/mol. The number of hydrogen-bond donors (Lipinski definition) is 3. The van der Waals surface area contributed by atoms with E-state index in [0.717, 1.165) is 32.1 Å². The van der Waals surface area contributed by atoms with Crippen molar-refractivity contribution in [3.05, 3.63) is 0 Å². The minimum Gasteiger partial charge on any atom is -0.444 e. The van der Waals surface area contributed by atoms with E-state index in [1.165, 1.54) is 51.4 Å². The van der Waals surface area contributed by atoms with Crippen molar-refractivity contribution in [2.24, 2.45) is 5.92 Å². The first kappa shape index (κ1) is 38.1. The van der Waals surface area contributed by atoms with E-state index in [2.05, 4.69) is 29.8 Å². The lowest BCUT2D eigenvalue weighted by Crippen LogP contribution is -2.34. The molecule has 0 heterocycles. The smallest absolute Gasteiger partial charge is 0.407 e. The quantitative estimate of drug-likeness (QED) is 0.111. The van der Waals surface area contributed by atoms with Gasteiger partial charge in [-0.05, 0) is 40.0 Å². The molecule has 0 aromatic carbocycles. The van der Waals surface area contributed by atoms with Crippen molar-refractivity contribution in [1.29, 1.82) is 0 Å². The van der Waals surface area contributed by atoms with Gasteiger partial charge in [0, 0.05) is 38.6 Å². The summed E-state index contributed by atoms with van der Waals surface area (Å²) in [6, 6.07) is 0. The van der Waals surface area contributed by atoms with E-state index in [-0.39, 0.29) is 30.8 Å². The highest BCUT2D eigenvalue weighted by Gasteiger charge is 2.17. The molecule has 0 aromatic rings. The molecule has 0 aliphatic heterocycles. The van der Waals surface area contributed by atoms with Crippen LogP contribution in [-0.2, 0) is 23.8 Å². The Bertz CT molecular complexity index is 639. The van der Waals surface area contributed by atoms with Crippen molar-refractivity contribution in [3.8, 4) is 0 Å². The molecule has 0 radical (unpaired) electrons. The first-order valence-electron chi connectivity index (χ1n) is 15.9. The van der Waals surface area contributed by atoms with Gasteiger partial charge in [0.25, 0.3) is 0 Å². The summed E-state index contributed by atoms with van der Waals surface area (Å²) in [5.74, 6) is 0.218. The van der Waals surface area contributed by atoms with Crippen molar-refractivity contribution in [2.45, 2.75) is 130 Å². The van der Waals surface area contributed by atoms with Crippen LogP contribution in [0.3, 0.4) is 0 Å². The normalized spacial score (nSPS) is 12.1. The second-order valence-electron chi connectivity index (χ2n) is 11.5. The van der Waals surface area contributed by atoms with Gasteiger partial charge in [0.15, 0.2) is 0 Å². The van der Waals surface area contributed by atoms with Crippen LogP contribution in [0.4, 0.5) is 4.79 Å². The zero-order valence-corrected chi connectivity index (χ0v) is 26.4. The van der Waals surface area contributed by atoms with Gasteiger partial charge in [-0.2, -0.15) is 0 Å². The molecular weight excluding hydrogens is 510 g/mol. The first-order valence-corrected chi connectivity index (χ1v) is 15.9. The standard InChI is InChI=1S/C31H61N3O6/c1-6-8-10-12-13-15-18-27(17-14-11-9-7-2)29(36)33-20-16-23-38-25-21-32-28(35)19-24-39-26-22-34-30(37)40-31(3,4)5/h27H,6-26H2,1-5H3,(H,32,35)(H,33,36)(H,34,37). The molecule has 9 heteroatoms. The Morgan fingerprint density at radius 3 is 1.80 bits per heavy atom. The van der Waals surface area contributed by atoms with E-state index in [4.69, 9.17) is 14.2 Å². The van der Waals surface area contributed by atoms with Gasteiger partial charge >= 0.3 is 6.09 Å². The Labute approximate surface area is 244 Å². The third kappa shape index (κ3) is 26.4. The molecule has 0 aromatic heterocycles. The van der Waals surface area contributed by atoms with Crippen LogP contribution in [0.1, 0.15) is 125 Å². The molecule has 3 N–H and O–H groups in total. The van der Waals surface area contributed by atoms with Crippen molar-refractivity contribution in [1.82, 2.24) is 16.0 Å². The Balaban J connectivity index is 3.82. The number of ether oxygens (including phenoxy) is 3. The lowest BCUT2D eigenvalue weighted by atomic mass is 9.93. The fraction of sp³-hybridized carbons (Fsp3) is 0.903. The maximum atomic E-state index is 12.8. The van der Waals surface area contributed by atoms with E-state index in [9.17, 15) is 14.4 Å². The molecule has 236 valence electrons. The molecule has 0 saturated heterocycles. The maximum absolute atomic E-state index is 12.8. The van der Waals surface area contributed by atoms with Gasteiger partial charge in [-0.25, -0.2) is 4.79 Å². The predicted molar refractivity (Wildman–Crippen MR) is 161 cm³/mol. The highest BCUT2D eigenvalue weighted by Crippen LogP contribution is 2.19. The van der Waals surface area contributed by atoms with Crippen LogP contribution in [0.5, 0.6) is 0 Å². The summed E-state index contributed by atoms with van der Waals surface area (Å²) in [4.78, 5) is 36.2. The predicted octanol–water partition coefficient (Wildman–Crippen LogP) is 5.89. The van der Waals surface area contributed by atoms with Crippen LogP contribution in [-0.4, -0.2) is 69.6 Å². The molecular formula is C31H61N3O6. The molecule has 0 bridgehead atoms. The lowest BCUT2D eigenvalue weighted by molar-refractivity contribution is -0.125. The van der Waals surface area contributed by atoms with Crippen molar-refractivity contribution in [3.63, 3.8) is 0 Å². The van der Waals surface area contributed by atoms with Gasteiger partial charge in [-0.3, -0.25) is 9.59 Å². The SMILES string of the molecule is CCCCCCCCC(CCCCCC)C(=O)NCCCOCCNC(=O)CCOCCNC(=O)OC(C)(C)C. The molecule has 0 aliphatic rings. The Morgan fingerprint density at radius 1 is 0.625 bits per heavy atom. The number of carbonyl (C=O) groups is 3. The summed E-state index contributed by atoms with van der Waals surface area (Å²) in [7, 11) is 0. The number of unbranched alkanes of at least 4 members (excludes halogenated alkanes) is 8. The number of amides is 3. The summed E-state index contributed by atoms with van der Waals surface area (Å²) < 4.78 is 16.1. The highest BCUT2D eigenvalue weighted by atomic mass is 16.6. The number of hydrogen-bond acceptors (Lipinski definition) is 6. The van der Waals surface area contributed by atoms with Crippen LogP contribution < -0.4 is 16.0 Å². The van der Waals surface area contributed by atoms with Gasteiger partial charge < -0.3 is 30.2 Å². The summed E-state index contributed by atoms with van der Waals surface area (Å²) in [6.07, 6.45) is 14.8. The minimum atomic E-state index is -0.535. The molecule has 0 spiro atoms. The summed E-state index contributed by atoms with van der Waals surface area (Å²) in [5.41, 5.74) is -0.535. The number of alkyl carbamates (subject to hydrolysis) is 1. The Hall–Kier alpha value is -1.87. The second-order valence-corrected chi connectivity index (χ2v) is 11.5. The lowest BCUT2D eigenvalue weighted by Gasteiger charge is -2.19. The van der Waals surface area contributed by atoms with Crippen molar-refractivity contribution in [2.75, 3.05) is 46.1 Å². The average Bonchev–Trinajstić information content (AvgIpc) is 2.89. The van der Waals surface area contributed by atoms with E-state index >= 15 is 0 Å². The maximum Gasteiger partial charge on any atom is 0.407 e. The fourth-order valence-corrected chi connectivity index (χ4v) is 4.18. The van der Waals surface area contributed by atoms with E-state index in [1.54, 1.807) is 20.8 Å². The van der Waals surface area contributed by atoms with Gasteiger partial charge in [0.05, 0.1) is 19.8 Å². The van der Waals surface area contributed by atoms with Gasteiger partial charge in [0.2, 0.25) is 11.8 Å². The van der Waals surface area contributed by atoms with Gasteiger partial charge in [0.1, 0.15) is 5.60 Å². The molecule has 1 unspecified atom stereocenters. The summed E-state index contributed by atoms with van der Waals surface area (Å²) in [6.45, 7) is 12.8. The van der Waals surface area contributed by atoms with Crippen molar-refractivity contribution < 1.29 is 28.6 Å². The molecule has 3 amide bonds. The van der Waals surface area contributed by atoms with Crippen LogP contribution >= 0.6 is 0 Å². The van der Waals surface area contributed by atoms with Crippen molar-refractivity contribution >= 4 is 17.9 Å². The number of nitrogens with one attached hydrogen (secondary N) is 3. The molecule has 1 atom stereocenters. The first-order chi connectivity index (χ1) is 19.2. The molecule has 9 nitrogen and oxygen atoms in total.